The summed E-state index contributed by atoms with van der Waals surface area (Å²) in [6, 6.07) is 24.3. The molecular weight excluding hydrogens is 1010 g/mol. The van der Waals surface area contributed by atoms with Gasteiger partial charge in [-0.1, -0.05) is 81.3 Å². The number of piperazine rings is 1. The monoisotopic (exact) mass is 1070 g/mol. The highest BCUT2D eigenvalue weighted by Gasteiger charge is 2.50. The minimum atomic E-state index is -1.24. The number of aromatic nitrogens is 6. The van der Waals surface area contributed by atoms with Gasteiger partial charge >= 0.3 is 6.03 Å². The largest absolute Gasteiger partial charge is 0.488 e. The number of carbonyl (C=O) groups excluding carboxylic acids is 1. The van der Waals surface area contributed by atoms with Crippen LogP contribution in [-0.2, 0) is 33.8 Å². The van der Waals surface area contributed by atoms with Gasteiger partial charge in [-0.3, -0.25) is 9.80 Å². The van der Waals surface area contributed by atoms with Crippen molar-refractivity contribution in [2.45, 2.75) is 121 Å². The van der Waals surface area contributed by atoms with E-state index in [1.165, 1.54) is 35.8 Å². The molecule has 0 radical (unpaired) electrons. The summed E-state index contributed by atoms with van der Waals surface area (Å²) in [6.45, 7) is 12.3. The summed E-state index contributed by atoms with van der Waals surface area (Å²) < 4.78 is 50.0. The average molecular weight is 1070 g/mol. The molecule has 402 valence electrons. The van der Waals surface area contributed by atoms with Crippen molar-refractivity contribution in [2.75, 3.05) is 60.6 Å². The molecule has 75 heavy (non-hydrogen) atoms. The van der Waals surface area contributed by atoms with Gasteiger partial charge in [0.05, 0.1) is 26.2 Å². The first-order chi connectivity index (χ1) is 36.1. The number of unbranched alkanes of at least 4 members (excludes halogenated alkanes) is 4. The van der Waals surface area contributed by atoms with Crippen molar-refractivity contribution in [3.8, 4) is 5.75 Å². The van der Waals surface area contributed by atoms with E-state index in [0.717, 1.165) is 87.8 Å². The number of ether oxygens (including phenoxy) is 3. The van der Waals surface area contributed by atoms with E-state index >= 15 is 0 Å². The molecule has 3 aliphatic heterocycles. The highest BCUT2D eigenvalue weighted by molar-refractivity contribution is 6.35. The van der Waals surface area contributed by atoms with Gasteiger partial charge in [0.25, 0.3) is 0 Å². The van der Waals surface area contributed by atoms with Crippen molar-refractivity contribution >= 4 is 46.3 Å². The van der Waals surface area contributed by atoms with E-state index in [9.17, 15) is 23.8 Å². The van der Waals surface area contributed by atoms with Crippen molar-refractivity contribution in [2.24, 2.45) is 0 Å². The first-order valence-electron chi connectivity index (χ1n) is 25.9. The molecule has 0 aliphatic carbocycles. The number of halogens is 4. The molecule has 3 aliphatic rings. The van der Waals surface area contributed by atoms with Crippen LogP contribution in [0.5, 0.6) is 5.75 Å². The molecule has 5 heterocycles. The van der Waals surface area contributed by atoms with Gasteiger partial charge in [-0.15, -0.1) is 0 Å². The lowest BCUT2D eigenvalue weighted by molar-refractivity contribution is -0.117. The van der Waals surface area contributed by atoms with E-state index in [1.54, 1.807) is 39.0 Å². The van der Waals surface area contributed by atoms with Gasteiger partial charge in [0.15, 0.2) is 12.0 Å². The van der Waals surface area contributed by atoms with Gasteiger partial charge in [0, 0.05) is 76.5 Å². The summed E-state index contributed by atoms with van der Waals surface area (Å²) in [5.74, 6) is -0.763. The zero-order chi connectivity index (χ0) is 53.2. The van der Waals surface area contributed by atoms with E-state index in [-0.39, 0.29) is 43.9 Å². The Morgan fingerprint density at radius 3 is 2.05 bits per heavy atom. The molecule has 4 aromatic carbocycles. The molecule has 6 aromatic rings. The van der Waals surface area contributed by atoms with Crippen LogP contribution < -0.4 is 19.4 Å². The normalized spacial score (nSPS) is 20.7. The van der Waals surface area contributed by atoms with Crippen LogP contribution in [0.2, 0.25) is 10.0 Å². The van der Waals surface area contributed by atoms with Gasteiger partial charge < -0.3 is 34.2 Å². The number of β-amino-alcohol motifs (C(OH)–C–C–N with tert-alkyl or cyclic N) is 1. The van der Waals surface area contributed by atoms with Crippen LogP contribution in [0.25, 0.3) is 0 Å². The fraction of sp³-hybridized carbons (Fsp3) is 0.473. The average Bonchev–Trinajstić information content (AvgIpc) is 4.24. The maximum absolute atomic E-state index is 15.0. The van der Waals surface area contributed by atoms with Crippen molar-refractivity contribution < 1.29 is 38.0 Å². The van der Waals surface area contributed by atoms with E-state index in [1.807, 2.05) is 50.2 Å². The summed E-state index contributed by atoms with van der Waals surface area (Å²) in [7, 11) is 0. The highest BCUT2D eigenvalue weighted by Crippen LogP contribution is 2.39. The number of amides is 2. The van der Waals surface area contributed by atoms with Crippen LogP contribution in [0.1, 0.15) is 90.2 Å². The quantitative estimate of drug-likeness (QED) is 0.0658. The van der Waals surface area contributed by atoms with Gasteiger partial charge in [-0.2, -0.15) is 10.2 Å². The standard InChI is InChI=1S/C41H51F2N7O5.C14H17Cl2N3O/c1-4-5-6-7-18-41(52)26-49(39(51)50(41)30(2)3)34-11-9-32(10-12-34)46-19-21-47(22-20-46)33-13-15-35(16-14-33)53-24-38-54-27-40(55-38,25-48-29-44-28-45-48)36-17-8-31(42)23-37(36)43;1-2-3-6-14(20,8-19-10-17-9-18-19)12-5-4-11(15)7-13(12)16/h8-17,23,28-30,38,52H,4-7,18-22,24-27H2,1-3H3;4-5,7,9-10,20H,2-3,6,8H2,1H3/t38-,40+,41?;/m0./s1. The number of urea groups is 1. The molecule has 20 heteroatoms. The Morgan fingerprint density at radius 2 is 1.45 bits per heavy atom. The molecule has 9 rings (SSSR count). The zero-order valence-electron chi connectivity index (χ0n) is 43.1. The third-order valence-electron chi connectivity index (χ3n) is 14.1. The van der Waals surface area contributed by atoms with E-state index in [0.29, 0.717) is 40.7 Å². The van der Waals surface area contributed by atoms with Crippen molar-refractivity contribution in [1.29, 1.82) is 0 Å². The van der Waals surface area contributed by atoms with Crippen molar-refractivity contribution in [3.05, 3.63) is 143 Å². The summed E-state index contributed by atoms with van der Waals surface area (Å²) in [5.41, 5.74) is 0.333. The van der Waals surface area contributed by atoms with Crippen LogP contribution in [0.4, 0.5) is 30.6 Å². The maximum atomic E-state index is 15.0. The number of aliphatic hydroxyl groups is 2. The van der Waals surface area contributed by atoms with Gasteiger partial charge in [0.2, 0.25) is 0 Å². The topological polar surface area (TPSA) is 160 Å². The maximum Gasteiger partial charge on any atom is 0.327 e. The molecular formula is C55H68Cl2F2N10O6. The number of hydrogen-bond acceptors (Lipinski definition) is 12. The van der Waals surface area contributed by atoms with Crippen LogP contribution in [0.15, 0.2) is 110 Å². The number of rotatable bonds is 21. The van der Waals surface area contributed by atoms with Crippen LogP contribution >= 0.6 is 23.2 Å². The number of nitrogens with zero attached hydrogens (tertiary/aromatic N) is 10. The predicted octanol–water partition coefficient (Wildman–Crippen LogP) is 10.2. The Kier molecular flexibility index (Phi) is 18.3. The number of anilines is 3. The fourth-order valence-electron chi connectivity index (χ4n) is 10.2. The first-order valence-corrected chi connectivity index (χ1v) is 26.6. The minimum absolute atomic E-state index is 0.0251. The molecule has 2 aromatic heterocycles. The molecule has 3 fully saturated rings. The van der Waals surface area contributed by atoms with Crippen molar-refractivity contribution in [1.82, 2.24) is 34.4 Å². The molecule has 0 bridgehead atoms. The molecule has 0 saturated carbocycles. The minimum Gasteiger partial charge on any atom is -0.488 e. The lowest BCUT2D eigenvalue weighted by atomic mass is 9.88. The van der Waals surface area contributed by atoms with Crippen LogP contribution in [-0.4, -0.2) is 115 Å². The molecule has 2 amide bonds. The second-order valence-electron chi connectivity index (χ2n) is 19.8. The Hall–Kier alpha value is -5.89. The van der Waals surface area contributed by atoms with Gasteiger partial charge in [-0.05, 0) is 99.8 Å². The van der Waals surface area contributed by atoms with Crippen molar-refractivity contribution in [3.63, 3.8) is 0 Å². The molecule has 4 atom stereocenters. The fourth-order valence-corrected chi connectivity index (χ4v) is 10.8. The summed E-state index contributed by atoms with van der Waals surface area (Å²) in [4.78, 5) is 29.4. The molecule has 2 unspecified atom stereocenters. The Bertz CT molecular complexity index is 2760. The second-order valence-corrected chi connectivity index (χ2v) is 20.7. The number of benzene rings is 4. The summed E-state index contributed by atoms with van der Waals surface area (Å²) in [5, 5.41) is 31.9. The van der Waals surface area contributed by atoms with E-state index < -0.39 is 34.9 Å². The molecule has 0 spiro atoms. The first kappa shape index (κ1) is 55.3. The number of hydrogen-bond donors (Lipinski definition) is 2. The predicted molar refractivity (Wildman–Crippen MR) is 285 cm³/mol. The molecule has 2 N–H and O–H groups in total. The lowest BCUT2D eigenvalue weighted by Gasteiger charge is -2.37. The molecule has 3 saturated heterocycles. The Balaban J connectivity index is 0.000000313. The van der Waals surface area contributed by atoms with Gasteiger partial charge in [-0.25, -0.2) is 32.9 Å². The smallest absolute Gasteiger partial charge is 0.327 e. The van der Waals surface area contributed by atoms with E-state index in [4.69, 9.17) is 37.4 Å². The second kappa shape index (κ2) is 24.8. The number of carbonyl (C=O) groups is 1. The SMILES string of the molecule is CCCCC(O)(Cn1cncn1)c1ccc(Cl)cc1Cl.CCCCCCC1(O)CN(c2ccc(N3CCN(c4ccc(OC[C@H]5OC[C@](Cn6cncn6)(c6ccc(F)cc6F)O5)cc4)CC3)cc2)C(=O)N1C(C)C. The zero-order valence-corrected chi connectivity index (χ0v) is 44.6. The van der Waals surface area contributed by atoms with Crippen LogP contribution in [0, 0.1) is 11.6 Å². The third-order valence-corrected chi connectivity index (χ3v) is 14.6. The third kappa shape index (κ3) is 13.4. The Morgan fingerprint density at radius 1 is 0.813 bits per heavy atom. The summed E-state index contributed by atoms with van der Waals surface area (Å²) >= 11 is 12.2. The molecule has 16 nitrogen and oxygen atoms in total. The highest BCUT2D eigenvalue weighted by atomic mass is 35.5. The van der Waals surface area contributed by atoms with Gasteiger partial charge in [0.1, 0.15) is 60.5 Å². The van der Waals surface area contributed by atoms with Crippen LogP contribution in [0.3, 0.4) is 0 Å². The lowest BCUT2D eigenvalue weighted by Crippen LogP contribution is -2.50. The van der Waals surface area contributed by atoms with E-state index in [2.05, 4.69) is 55.9 Å². The summed E-state index contributed by atoms with van der Waals surface area (Å²) in [6.07, 6.45) is 12.4. The Labute approximate surface area is 447 Å².